The van der Waals surface area contributed by atoms with E-state index in [0.717, 1.165) is 18.5 Å². The van der Waals surface area contributed by atoms with Crippen molar-refractivity contribution in [2.45, 2.75) is 62.9 Å². The van der Waals surface area contributed by atoms with Crippen LogP contribution < -0.4 is 4.74 Å². The molecule has 6 unspecified atom stereocenters. The van der Waals surface area contributed by atoms with E-state index in [1.807, 2.05) is 24.3 Å². The van der Waals surface area contributed by atoms with Crippen molar-refractivity contribution in [2.75, 3.05) is 19.7 Å². The average Bonchev–Trinajstić information content (AvgIpc) is 3.15. The number of benzene rings is 1. The molecule has 4 rings (SSSR count). The monoisotopic (exact) mass is 391 g/mol. The first-order valence-electron chi connectivity index (χ1n) is 9.98. The molecular weight excluding hydrogens is 362 g/mol. The Balaban J connectivity index is 1.46. The van der Waals surface area contributed by atoms with E-state index in [9.17, 15) is 20.4 Å². The Kier molecular flexibility index (Phi) is 5.73. The molecule has 1 aromatic rings. The Hall–Kier alpha value is -1.48. The number of fused-ring (bicyclic) bond motifs is 1. The lowest BCUT2D eigenvalue weighted by Gasteiger charge is -2.39. The summed E-state index contributed by atoms with van der Waals surface area (Å²) < 4.78 is 11.1. The Morgan fingerprint density at radius 2 is 1.86 bits per heavy atom. The van der Waals surface area contributed by atoms with Gasteiger partial charge in [0, 0.05) is 12.6 Å². The average molecular weight is 391 g/mol. The minimum atomic E-state index is -1.45. The zero-order valence-electron chi connectivity index (χ0n) is 16.1. The van der Waals surface area contributed by atoms with Crippen LogP contribution in [0.3, 0.4) is 0 Å². The summed E-state index contributed by atoms with van der Waals surface area (Å²) in [6.07, 6.45) is -2.70. The van der Waals surface area contributed by atoms with Crippen LogP contribution in [0, 0.1) is 0 Å². The van der Waals surface area contributed by atoms with Gasteiger partial charge in [0.1, 0.15) is 30.2 Å². The maximum absolute atomic E-state index is 10.1. The highest BCUT2D eigenvalue weighted by Gasteiger charge is 2.44. The van der Waals surface area contributed by atoms with E-state index in [0.29, 0.717) is 11.8 Å². The molecule has 1 aromatic carbocycles. The first-order valence-corrected chi connectivity index (χ1v) is 9.98. The third kappa shape index (κ3) is 3.70. The summed E-state index contributed by atoms with van der Waals surface area (Å²) in [5, 5.41) is 39.1. The van der Waals surface area contributed by atoms with Crippen molar-refractivity contribution in [3.63, 3.8) is 0 Å². The summed E-state index contributed by atoms with van der Waals surface area (Å²) >= 11 is 0. The van der Waals surface area contributed by atoms with E-state index in [2.05, 4.69) is 11.8 Å². The second-order valence-corrected chi connectivity index (χ2v) is 8.07. The summed E-state index contributed by atoms with van der Waals surface area (Å²) in [5.41, 5.74) is 3.95. The van der Waals surface area contributed by atoms with Crippen LogP contribution in [-0.4, -0.2) is 81.8 Å². The van der Waals surface area contributed by atoms with Gasteiger partial charge in [0.15, 0.2) is 0 Å². The fourth-order valence-electron chi connectivity index (χ4n) is 4.52. The SMILES string of the molecule is CC1=C(c2ccc(OC3OC(CO)C(O)C(O)C3O)cc2)CN2CCCC2C1. The highest BCUT2D eigenvalue weighted by atomic mass is 16.7. The van der Waals surface area contributed by atoms with Gasteiger partial charge >= 0.3 is 0 Å². The van der Waals surface area contributed by atoms with Crippen LogP contribution >= 0.6 is 0 Å². The van der Waals surface area contributed by atoms with E-state index < -0.39 is 37.3 Å². The Morgan fingerprint density at radius 3 is 2.57 bits per heavy atom. The molecule has 3 aliphatic heterocycles. The number of aliphatic hydroxyl groups is 4. The summed E-state index contributed by atoms with van der Waals surface area (Å²) in [6, 6.07) is 8.31. The summed E-state index contributed by atoms with van der Waals surface area (Å²) in [4.78, 5) is 2.56. The van der Waals surface area contributed by atoms with Crippen LogP contribution in [0.25, 0.3) is 5.57 Å². The molecule has 0 saturated carbocycles. The van der Waals surface area contributed by atoms with Gasteiger partial charge in [-0.3, -0.25) is 4.90 Å². The summed E-state index contributed by atoms with van der Waals surface area (Å²) in [7, 11) is 0. The zero-order chi connectivity index (χ0) is 19.8. The van der Waals surface area contributed by atoms with Crippen LogP contribution in [0.2, 0.25) is 0 Å². The van der Waals surface area contributed by atoms with E-state index in [4.69, 9.17) is 9.47 Å². The van der Waals surface area contributed by atoms with Crippen LogP contribution in [0.15, 0.2) is 29.8 Å². The molecule has 7 heteroatoms. The van der Waals surface area contributed by atoms with Crippen molar-refractivity contribution in [3.8, 4) is 5.75 Å². The molecule has 0 aromatic heterocycles. The van der Waals surface area contributed by atoms with Crippen molar-refractivity contribution in [1.82, 2.24) is 4.90 Å². The molecule has 0 bridgehead atoms. The smallest absolute Gasteiger partial charge is 0.229 e. The van der Waals surface area contributed by atoms with Gasteiger partial charge in [-0.1, -0.05) is 17.7 Å². The molecule has 6 atom stereocenters. The normalized spacial score (nSPS) is 36.5. The molecule has 0 amide bonds. The third-order valence-corrected chi connectivity index (χ3v) is 6.22. The lowest BCUT2D eigenvalue weighted by molar-refractivity contribution is -0.277. The van der Waals surface area contributed by atoms with E-state index >= 15 is 0 Å². The second-order valence-electron chi connectivity index (χ2n) is 8.07. The fraction of sp³-hybridized carbons (Fsp3) is 0.619. The van der Waals surface area contributed by atoms with Gasteiger partial charge < -0.3 is 29.9 Å². The van der Waals surface area contributed by atoms with Crippen molar-refractivity contribution < 1.29 is 29.9 Å². The molecule has 154 valence electrons. The molecule has 3 heterocycles. The summed E-state index contributed by atoms with van der Waals surface area (Å²) in [6.45, 7) is 3.88. The largest absolute Gasteiger partial charge is 0.462 e. The minimum Gasteiger partial charge on any atom is -0.462 e. The molecule has 0 spiro atoms. The van der Waals surface area contributed by atoms with Gasteiger partial charge in [-0.2, -0.15) is 0 Å². The second kappa shape index (κ2) is 8.10. The predicted octanol–water partition coefficient (Wildman–Crippen LogP) is 0.507. The Morgan fingerprint density at radius 1 is 1.11 bits per heavy atom. The first-order chi connectivity index (χ1) is 13.5. The molecule has 28 heavy (non-hydrogen) atoms. The molecule has 7 nitrogen and oxygen atoms in total. The molecule has 3 aliphatic rings. The quantitative estimate of drug-likeness (QED) is 0.593. The number of hydrogen-bond donors (Lipinski definition) is 4. The topological polar surface area (TPSA) is 103 Å². The van der Waals surface area contributed by atoms with E-state index in [1.165, 1.54) is 30.5 Å². The van der Waals surface area contributed by atoms with Gasteiger partial charge in [-0.05, 0) is 56.0 Å². The maximum Gasteiger partial charge on any atom is 0.229 e. The Bertz CT molecular complexity index is 718. The molecule has 0 radical (unpaired) electrons. The molecular formula is C21H29NO6. The maximum atomic E-state index is 10.1. The van der Waals surface area contributed by atoms with Crippen molar-refractivity contribution in [3.05, 3.63) is 35.4 Å². The van der Waals surface area contributed by atoms with Gasteiger partial charge in [0.25, 0.3) is 0 Å². The summed E-state index contributed by atoms with van der Waals surface area (Å²) in [5.74, 6) is 0.487. The van der Waals surface area contributed by atoms with Gasteiger partial charge in [-0.15, -0.1) is 0 Å². The Labute approximate surface area is 164 Å². The number of ether oxygens (including phenoxy) is 2. The first kappa shape index (κ1) is 19.8. The van der Waals surface area contributed by atoms with E-state index in [-0.39, 0.29) is 0 Å². The number of aliphatic hydroxyl groups excluding tert-OH is 4. The predicted molar refractivity (Wildman–Crippen MR) is 103 cm³/mol. The third-order valence-electron chi connectivity index (χ3n) is 6.22. The van der Waals surface area contributed by atoms with Crippen LogP contribution in [-0.2, 0) is 4.74 Å². The van der Waals surface area contributed by atoms with Crippen LogP contribution in [0.5, 0.6) is 5.75 Å². The standard InChI is InChI=1S/C21H29NO6/c1-12-9-14-3-2-8-22(14)10-16(12)13-4-6-15(7-5-13)27-21-20(26)19(25)18(24)17(11-23)28-21/h4-7,14,17-21,23-26H,2-3,8-11H2,1H3. The molecule has 2 fully saturated rings. The highest BCUT2D eigenvalue weighted by Crippen LogP contribution is 2.35. The highest BCUT2D eigenvalue weighted by molar-refractivity contribution is 5.71. The van der Waals surface area contributed by atoms with Crippen LogP contribution in [0.1, 0.15) is 31.7 Å². The fourth-order valence-corrected chi connectivity index (χ4v) is 4.52. The van der Waals surface area contributed by atoms with E-state index in [1.54, 1.807) is 0 Å². The number of rotatable bonds is 4. The van der Waals surface area contributed by atoms with Crippen molar-refractivity contribution in [2.24, 2.45) is 0 Å². The number of hydrogen-bond acceptors (Lipinski definition) is 7. The van der Waals surface area contributed by atoms with Crippen molar-refractivity contribution in [1.29, 1.82) is 0 Å². The lowest BCUT2D eigenvalue weighted by atomic mass is 9.91. The van der Waals surface area contributed by atoms with Gasteiger partial charge in [0.05, 0.1) is 6.61 Å². The van der Waals surface area contributed by atoms with Gasteiger partial charge in [0.2, 0.25) is 6.29 Å². The molecule has 0 aliphatic carbocycles. The lowest BCUT2D eigenvalue weighted by Crippen LogP contribution is -2.60. The van der Waals surface area contributed by atoms with Gasteiger partial charge in [-0.25, -0.2) is 0 Å². The zero-order valence-corrected chi connectivity index (χ0v) is 16.1. The molecule has 4 N–H and O–H groups in total. The number of nitrogens with zero attached hydrogens (tertiary/aromatic N) is 1. The minimum absolute atomic E-state index is 0.478. The van der Waals surface area contributed by atoms with Crippen LogP contribution in [0.4, 0.5) is 0 Å². The molecule has 2 saturated heterocycles. The van der Waals surface area contributed by atoms with Crippen molar-refractivity contribution >= 4 is 5.57 Å².